The summed E-state index contributed by atoms with van der Waals surface area (Å²) in [5, 5.41) is 0. The second kappa shape index (κ2) is 6.52. The zero-order valence-electron chi connectivity index (χ0n) is 11.9. The van der Waals surface area contributed by atoms with Crippen molar-refractivity contribution in [3.63, 3.8) is 0 Å². The van der Waals surface area contributed by atoms with Gasteiger partial charge < -0.3 is 14.4 Å². The molecule has 1 fully saturated rings. The Morgan fingerprint density at radius 2 is 1.52 bits per heavy atom. The number of carbonyl (C=O) groups excluding carboxylic acids is 2. The van der Waals surface area contributed by atoms with Crippen LogP contribution < -0.4 is 0 Å². The summed E-state index contributed by atoms with van der Waals surface area (Å²) in [4.78, 5) is 26.5. The fourth-order valence-electron chi connectivity index (χ4n) is 2.80. The molecular weight excluding hydrogens is 406 g/mol. The van der Waals surface area contributed by atoms with E-state index in [-0.39, 0.29) is 0 Å². The van der Waals surface area contributed by atoms with Crippen molar-refractivity contribution in [1.29, 1.82) is 0 Å². The molecule has 0 unspecified atom stereocenters. The number of esters is 2. The molecule has 116 valence electrons. The van der Waals surface area contributed by atoms with Gasteiger partial charge in [-0.3, -0.25) is 9.59 Å². The zero-order chi connectivity index (χ0) is 15.6. The molecule has 1 heterocycles. The van der Waals surface area contributed by atoms with Gasteiger partial charge in [0.15, 0.2) is 0 Å². The summed E-state index contributed by atoms with van der Waals surface area (Å²) in [6.45, 7) is 0. The Bertz CT molecular complexity index is 471. The fourth-order valence-corrected chi connectivity index (χ4v) is 4.61. The standard InChI is InChI=1S/C14H17Br2NO4/c1-20-12(18)14(13(19)21-2)10(15)7-17(8-11(14)16)9-5-3-4-6-9/h7-9H,3-6H2,1-2H3. The van der Waals surface area contributed by atoms with Gasteiger partial charge in [0.1, 0.15) is 0 Å². The van der Waals surface area contributed by atoms with E-state index in [1.54, 1.807) is 12.4 Å². The number of hydrogen-bond donors (Lipinski definition) is 0. The molecular formula is C14H17Br2NO4. The minimum atomic E-state index is -1.61. The van der Waals surface area contributed by atoms with Gasteiger partial charge in [0.25, 0.3) is 0 Å². The van der Waals surface area contributed by atoms with Crippen LogP contribution in [0.5, 0.6) is 0 Å². The summed E-state index contributed by atoms with van der Waals surface area (Å²) >= 11 is 6.74. The van der Waals surface area contributed by atoms with Crippen molar-refractivity contribution in [1.82, 2.24) is 4.90 Å². The van der Waals surface area contributed by atoms with E-state index in [1.165, 1.54) is 27.1 Å². The maximum Gasteiger partial charge on any atom is 0.333 e. The molecule has 0 N–H and O–H groups in total. The van der Waals surface area contributed by atoms with Crippen molar-refractivity contribution in [2.75, 3.05) is 14.2 Å². The molecule has 0 atom stereocenters. The van der Waals surface area contributed by atoms with Gasteiger partial charge in [-0.1, -0.05) is 44.7 Å². The highest BCUT2D eigenvalue weighted by molar-refractivity contribution is 9.12. The highest BCUT2D eigenvalue weighted by Gasteiger charge is 2.55. The average molecular weight is 423 g/mol. The minimum absolute atomic E-state index is 0.387. The molecule has 0 aromatic carbocycles. The lowest BCUT2D eigenvalue weighted by Gasteiger charge is -2.36. The summed E-state index contributed by atoms with van der Waals surface area (Å²) < 4.78 is 10.5. The lowest BCUT2D eigenvalue weighted by Crippen LogP contribution is -2.45. The molecule has 2 rings (SSSR count). The lowest BCUT2D eigenvalue weighted by molar-refractivity contribution is -0.162. The molecule has 1 aliphatic heterocycles. The number of nitrogens with zero attached hydrogens (tertiary/aromatic N) is 1. The Balaban J connectivity index is 2.43. The number of rotatable bonds is 3. The van der Waals surface area contributed by atoms with Crippen LogP contribution in [-0.2, 0) is 19.1 Å². The molecule has 5 nitrogen and oxygen atoms in total. The van der Waals surface area contributed by atoms with Gasteiger partial charge in [0.05, 0.1) is 14.2 Å². The quantitative estimate of drug-likeness (QED) is 0.516. The summed E-state index contributed by atoms with van der Waals surface area (Å²) in [6, 6.07) is 0.387. The first-order valence-corrected chi connectivity index (χ1v) is 8.27. The summed E-state index contributed by atoms with van der Waals surface area (Å²) in [5.41, 5.74) is -1.61. The number of hydrogen-bond acceptors (Lipinski definition) is 5. The first kappa shape index (κ1) is 16.5. The molecule has 0 saturated heterocycles. The van der Waals surface area contributed by atoms with Gasteiger partial charge in [-0.05, 0) is 12.8 Å². The van der Waals surface area contributed by atoms with Crippen LogP contribution in [-0.4, -0.2) is 37.1 Å². The normalized spacial score (nSPS) is 21.6. The van der Waals surface area contributed by atoms with Crippen LogP contribution >= 0.6 is 31.9 Å². The van der Waals surface area contributed by atoms with Gasteiger partial charge in [-0.15, -0.1) is 0 Å². The van der Waals surface area contributed by atoms with Crippen LogP contribution in [0.3, 0.4) is 0 Å². The van der Waals surface area contributed by atoms with Gasteiger partial charge in [0, 0.05) is 27.4 Å². The monoisotopic (exact) mass is 421 g/mol. The largest absolute Gasteiger partial charge is 0.468 e. The number of halogens is 2. The Morgan fingerprint density at radius 3 is 1.90 bits per heavy atom. The van der Waals surface area contributed by atoms with Crippen LogP contribution in [0, 0.1) is 5.41 Å². The van der Waals surface area contributed by atoms with E-state index in [1.807, 2.05) is 4.90 Å². The maximum atomic E-state index is 12.3. The smallest absolute Gasteiger partial charge is 0.333 e. The second-order valence-corrected chi connectivity index (χ2v) is 6.78. The third-order valence-corrected chi connectivity index (χ3v) is 5.57. The molecule has 0 spiro atoms. The van der Waals surface area contributed by atoms with E-state index in [2.05, 4.69) is 31.9 Å². The maximum absolute atomic E-state index is 12.3. The van der Waals surface area contributed by atoms with Crippen LogP contribution in [0.15, 0.2) is 21.4 Å². The Morgan fingerprint density at radius 1 is 1.10 bits per heavy atom. The Hall–Kier alpha value is -0.820. The predicted molar refractivity (Wildman–Crippen MR) is 84.6 cm³/mol. The van der Waals surface area contributed by atoms with Crippen LogP contribution in [0.2, 0.25) is 0 Å². The van der Waals surface area contributed by atoms with Crippen molar-refractivity contribution in [2.24, 2.45) is 5.41 Å². The molecule has 0 aromatic rings. The average Bonchev–Trinajstić information content (AvgIpc) is 3.00. The molecule has 0 radical (unpaired) electrons. The van der Waals surface area contributed by atoms with E-state index in [9.17, 15) is 9.59 Å². The number of ether oxygens (including phenoxy) is 2. The second-order valence-electron chi connectivity index (χ2n) is 5.07. The summed E-state index contributed by atoms with van der Waals surface area (Å²) in [7, 11) is 2.49. The third kappa shape index (κ3) is 2.65. The molecule has 0 aromatic heterocycles. The molecule has 0 amide bonds. The van der Waals surface area contributed by atoms with Gasteiger partial charge >= 0.3 is 11.9 Å². The van der Waals surface area contributed by atoms with Crippen molar-refractivity contribution in [3.05, 3.63) is 21.4 Å². The molecule has 21 heavy (non-hydrogen) atoms. The van der Waals surface area contributed by atoms with Crippen molar-refractivity contribution >= 4 is 43.8 Å². The first-order valence-electron chi connectivity index (χ1n) is 6.68. The molecule has 1 saturated carbocycles. The van der Waals surface area contributed by atoms with Gasteiger partial charge in [0.2, 0.25) is 5.41 Å². The fraction of sp³-hybridized carbons (Fsp3) is 0.571. The zero-order valence-corrected chi connectivity index (χ0v) is 15.1. The van der Waals surface area contributed by atoms with E-state index in [4.69, 9.17) is 9.47 Å². The van der Waals surface area contributed by atoms with E-state index in [0.29, 0.717) is 15.0 Å². The van der Waals surface area contributed by atoms with E-state index in [0.717, 1.165) is 12.8 Å². The Kier molecular flexibility index (Phi) is 5.14. The topological polar surface area (TPSA) is 55.8 Å². The van der Waals surface area contributed by atoms with E-state index < -0.39 is 17.4 Å². The van der Waals surface area contributed by atoms with Crippen LogP contribution in [0.25, 0.3) is 0 Å². The van der Waals surface area contributed by atoms with Crippen molar-refractivity contribution in [2.45, 2.75) is 31.7 Å². The van der Waals surface area contributed by atoms with Crippen LogP contribution in [0.1, 0.15) is 25.7 Å². The summed E-state index contributed by atoms with van der Waals surface area (Å²) in [5.74, 6) is -1.38. The third-order valence-electron chi connectivity index (χ3n) is 3.97. The first-order chi connectivity index (χ1) is 9.98. The lowest BCUT2D eigenvalue weighted by atomic mass is 9.86. The van der Waals surface area contributed by atoms with Gasteiger partial charge in [-0.2, -0.15) is 0 Å². The van der Waals surface area contributed by atoms with Crippen molar-refractivity contribution in [3.8, 4) is 0 Å². The summed E-state index contributed by atoms with van der Waals surface area (Å²) in [6.07, 6.45) is 8.12. The molecule has 2 aliphatic rings. The van der Waals surface area contributed by atoms with Gasteiger partial charge in [-0.25, -0.2) is 0 Å². The Labute approximate surface area is 140 Å². The number of methoxy groups -OCH3 is 2. The number of carbonyl (C=O) groups is 2. The van der Waals surface area contributed by atoms with Crippen LogP contribution in [0.4, 0.5) is 0 Å². The minimum Gasteiger partial charge on any atom is -0.468 e. The van der Waals surface area contributed by atoms with E-state index >= 15 is 0 Å². The molecule has 7 heteroatoms. The predicted octanol–water partition coefficient (Wildman–Crippen LogP) is 3.05. The molecule has 1 aliphatic carbocycles. The molecule has 0 bridgehead atoms. The van der Waals surface area contributed by atoms with Crippen molar-refractivity contribution < 1.29 is 19.1 Å². The highest BCUT2D eigenvalue weighted by Crippen LogP contribution is 2.48. The highest BCUT2D eigenvalue weighted by atomic mass is 79.9. The SMILES string of the molecule is COC(=O)C1(C(=O)OC)C(Br)=CN(C2CCCC2)C=C1Br.